The van der Waals surface area contributed by atoms with Gasteiger partial charge in [0.05, 0.1) is 13.4 Å². The van der Waals surface area contributed by atoms with Crippen molar-refractivity contribution < 1.29 is 23.5 Å². The van der Waals surface area contributed by atoms with Crippen molar-refractivity contribution in [3.63, 3.8) is 0 Å². The summed E-state index contributed by atoms with van der Waals surface area (Å²) in [6.07, 6.45) is 3.38. The number of furan rings is 1. The zero-order valence-electron chi connectivity index (χ0n) is 14.4. The topological polar surface area (TPSA) is 69.0 Å². The number of amides is 1. The summed E-state index contributed by atoms with van der Waals surface area (Å²) in [6, 6.07) is 9.49. The van der Waals surface area contributed by atoms with Gasteiger partial charge >= 0.3 is 5.97 Å². The Hall–Kier alpha value is -2.76. The quantitative estimate of drug-likeness (QED) is 0.723. The van der Waals surface area contributed by atoms with Gasteiger partial charge in [0.15, 0.2) is 6.61 Å². The van der Waals surface area contributed by atoms with E-state index in [0.717, 1.165) is 24.2 Å². The molecular formula is C19H21NO5. The van der Waals surface area contributed by atoms with E-state index in [-0.39, 0.29) is 24.3 Å². The Morgan fingerprint density at radius 3 is 2.48 bits per heavy atom. The number of methoxy groups -OCH3 is 1. The zero-order valence-corrected chi connectivity index (χ0v) is 14.4. The van der Waals surface area contributed by atoms with Gasteiger partial charge in [-0.1, -0.05) is 12.1 Å². The van der Waals surface area contributed by atoms with Gasteiger partial charge < -0.3 is 18.8 Å². The maximum absolute atomic E-state index is 12.5. The maximum Gasteiger partial charge on any atom is 0.375 e. The van der Waals surface area contributed by atoms with E-state index < -0.39 is 5.97 Å². The number of hydrogen-bond donors (Lipinski definition) is 0. The lowest BCUT2D eigenvalue weighted by Crippen LogP contribution is -2.36. The highest BCUT2D eigenvalue weighted by Gasteiger charge is 2.33. The molecule has 0 N–H and O–H groups in total. The highest BCUT2D eigenvalue weighted by Crippen LogP contribution is 2.29. The smallest absolute Gasteiger partial charge is 0.375 e. The highest BCUT2D eigenvalue weighted by molar-refractivity contribution is 5.90. The number of benzene rings is 1. The van der Waals surface area contributed by atoms with Crippen molar-refractivity contribution in [1.29, 1.82) is 0 Å². The Labute approximate surface area is 146 Å². The van der Waals surface area contributed by atoms with Gasteiger partial charge in [-0.05, 0) is 43.5 Å². The van der Waals surface area contributed by atoms with E-state index in [1.165, 1.54) is 6.26 Å². The Bertz CT molecular complexity index is 745. The third-order valence-corrected chi connectivity index (χ3v) is 4.19. The molecule has 2 aromatic rings. The number of nitrogens with zero attached hydrogens (tertiary/aromatic N) is 1. The van der Waals surface area contributed by atoms with Crippen LogP contribution in [0, 0.1) is 6.92 Å². The second-order valence-corrected chi connectivity index (χ2v) is 6.11. The van der Waals surface area contributed by atoms with Crippen LogP contribution in [0.1, 0.15) is 34.5 Å². The molecule has 0 atom stereocenters. The Morgan fingerprint density at radius 2 is 1.92 bits per heavy atom. The van der Waals surface area contributed by atoms with Crippen LogP contribution < -0.4 is 4.74 Å². The molecule has 0 bridgehead atoms. The summed E-state index contributed by atoms with van der Waals surface area (Å²) in [5, 5.41) is 0. The largest absolute Gasteiger partial charge is 0.497 e. The van der Waals surface area contributed by atoms with Crippen LogP contribution in [0.2, 0.25) is 0 Å². The summed E-state index contributed by atoms with van der Waals surface area (Å²) in [7, 11) is 1.62. The highest BCUT2D eigenvalue weighted by atomic mass is 16.5. The molecule has 1 aliphatic carbocycles. The molecule has 1 saturated carbocycles. The number of hydrogen-bond acceptors (Lipinski definition) is 5. The summed E-state index contributed by atoms with van der Waals surface area (Å²) >= 11 is 0. The summed E-state index contributed by atoms with van der Waals surface area (Å²) < 4.78 is 15.3. The van der Waals surface area contributed by atoms with E-state index in [1.807, 2.05) is 24.3 Å². The Kier molecular flexibility index (Phi) is 5.07. The summed E-state index contributed by atoms with van der Waals surface area (Å²) in [5.41, 5.74) is 1.70. The molecule has 1 aliphatic rings. The molecule has 0 unspecified atom stereocenters. The van der Waals surface area contributed by atoms with Gasteiger partial charge in [0, 0.05) is 18.2 Å². The molecular weight excluding hydrogens is 322 g/mol. The van der Waals surface area contributed by atoms with E-state index in [4.69, 9.17) is 13.9 Å². The minimum absolute atomic E-state index is 0.140. The molecule has 0 spiro atoms. The van der Waals surface area contributed by atoms with Crippen molar-refractivity contribution in [2.75, 3.05) is 13.7 Å². The molecule has 25 heavy (non-hydrogen) atoms. The molecule has 6 heteroatoms. The van der Waals surface area contributed by atoms with Crippen molar-refractivity contribution in [2.45, 2.75) is 32.4 Å². The molecule has 6 nitrogen and oxygen atoms in total. The van der Waals surface area contributed by atoms with Gasteiger partial charge in [-0.15, -0.1) is 0 Å². The number of carbonyl (C=O) groups excluding carboxylic acids is 2. The van der Waals surface area contributed by atoms with Crippen LogP contribution in [0.25, 0.3) is 0 Å². The fourth-order valence-electron chi connectivity index (χ4n) is 2.59. The van der Waals surface area contributed by atoms with Crippen molar-refractivity contribution in [3.05, 3.63) is 53.5 Å². The lowest BCUT2D eigenvalue weighted by molar-refractivity contribution is -0.135. The summed E-state index contributed by atoms with van der Waals surface area (Å²) in [5.74, 6) is 0.101. The predicted molar refractivity (Wildman–Crippen MR) is 90.3 cm³/mol. The van der Waals surface area contributed by atoms with E-state index >= 15 is 0 Å². The van der Waals surface area contributed by atoms with Crippen molar-refractivity contribution >= 4 is 11.9 Å². The minimum Gasteiger partial charge on any atom is -0.497 e. The second-order valence-electron chi connectivity index (χ2n) is 6.11. The molecule has 1 amide bonds. The van der Waals surface area contributed by atoms with E-state index in [1.54, 1.807) is 25.0 Å². The Morgan fingerprint density at radius 1 is 1.20 bits per heavy atom. The van der Waals surface area contributed by atoms with Crippen LogP contribution in [-0.2, 0) is 16.1 Å². The number of aryl methyl sites for hydroxylation is 1. The van der Waals surface area contributed by atoms with Crippen LogP contribution in [0.4, 0.5) is 0 Å². The first-order valence-electron chi connectivity index (χ1n) is 8.22. The molecule has 1 aromatic carbocycles. The fourth-order valence-corrected chi connectivity index (χ4v) is 2.59. The third kappa shape index (κ3) is 4.21. The number of ether oxygens (including phenoxy) is 2. The minimum atomic E-state index is -0.615. The van der Waals surface area contributed by atoms with E-state index in [0.29, 0.717) is 12.1 Å². The second kappa shape index (κ2) is 7.42. The van der Waals surface area contributed by atoms with Gasteiger partial charge in [0.1, 0.15) is 5.75 Å². The molecule has 1 heterocycles. The van der Waals surface area contributed by atoms with Crippen LogP contribution in [0.15, 0.2) is 41.0 Å². The Balaban J connectivity index is 1.59. The monoisotopic (exact) mass is 343 g/mol. The van der Waals surface area contributed by atoms with Crippen molar-refractivity contribution in [1.82, 2.24) is 4.90 Å². The first-order chi connectivity index (χ1) is 12.1. The molecule has 0 aliphatic heterocycles. The predicted octanol–water partition coefficient (Wildman–Crippen LogP) is 2.94. The molecule has 3 rings (SSSR count). The average Bonchev–Trinajstić information content (AvgIpc) is 3.38. The molecule has 0 saturated heterocycles. The maximum atomic E-state index is 12.5. The lowest BCUT2D eigenvalue weighted by Gasteiger charge is -2.22. The fraction of sp³-hybridized carbons (Fsp3) is 0.368. The van der Waals surface area contributed by atoms with Crippen molar-refractivity contribution in [2.24, 2.45) is 0 Å². The SMILES string of the molecule is COc1ccc(CN(C(=O)COC(=O)c2occc2C)C2CC2)cc1. The molecule has 0 radical (unpaired) electrons. The van der Waals surface area contributed by atoms with Crippen LogP contribution >= 0.6 is 0 Å². The van der Waals surface area contributed by atoms with Crippen LogP contribution in [0.5, 0.6) is 5.75 Å². The zero-order chi connectivity index (χ0) is 17.8. The molecule has 1 aromatic heterocycles. The average molecular weight is 343 g/mol. The van der Waals surface area contributed by atoms with Crippen molar-refractivity contribution in [3.8, 4) is 5.75 Å². The lowest BCUT2D eigenvalue weighted by atomic mass is 10.2. The molecule has 132 valence electrons. The number of esters is 1. The molecule has 1 fully saturated rings. The summed E-state index contributed by atoms with van der Waals surface area (Å²) in [6.45, 7) is 1.96. The van der Waals surface area contributed by atoms with Gasteiger partial charge in [-0.2, -0.15) is 0 Å². The third-order valence-electron chi connectivity index (χ3n) is 4.19. The first-order valence-corrected chi connectivity index (χ1v) is 8.22. The standard InChI is InChI=1S/C19H21NO5/c1-13-9-10-24-18(13)19(22)25-12-17(21)20(15-5-6-15)11-14-3-7-16(23-2)8-4-14/h3-4,7-10,15H,5-6,11-12H2,1-2H3. The van der Waals surface area contributed by atoms with Crippen LogP contribution in [-0.4, -0.2) is 36.5 Å². The normalized spacial score (nSPS) is 13.4. The van der Waals surface area contributed by atoms with Gasteiger partial charge in [0.2, 0.25) is 5.76 Å². The van der Waals surface area contributed by atoms with Gasteiger partial charge in [-0.25, -0.2) is 4.79 Å². The van der Waals surface area contributed by atoms with Gasteiger partial charge in [0.25, 0.3) is 5.91 Å². The summed E-state index contributed by atoms with van der Waals surface area (Å²) in [4.78, 5) is 26.2. The van der Waals surface area contributed by atoms with E-state index in [9.17, 15) is 9.59 Å². The van der Waals surface area contributed by atoms with Gasteiger partial charge in [-0.3, -0.25) is 4.79 Å². The first kappa shape index (κ1) is 17.1. The number of rotatable bonds is 7. The number of carbonyl (C=O) groups is 2. The van der Waals surface area contributed by atoms with Crippen LogP contribution in [0.3, 0.4) is 0 Å². The van der Waals surface area contributed by atoms with E-state index in [2.05, 4.69) is 0 Å².